The zero-order valence-corrected chi connectivity index (χ0v) is 16.9. The molecule has 4 N–H and O–H groups in total. The van der Waals surface area contributed by atoms with Gasteiger partial charge >= 0.3 is 0 Å². The molecule has 0 aliphatic rings. The van der Waals surface area contributed by atoms with Gasteiger partial charge in [-0.25, -0.2) is 4.68 Å². The summed E-state index contributed by atoms with van der Waals surface area (Å²) in [5, 5.41) is 14.6. The van der Waals surface area contributed by atoms with Crippen LogP contribution in [0.2, 0.25) is 0 Å². The smallest absolute Gasteiger partial charge is 0.234 e. The highest BCUT2D eigenvalue weighted by Gasteiger charge is 2.12. The number of benzene rings is 2. The summed E-state index contributed by atoms with van der Waals surface area (Å²) >= 11 is 1.21. The van der Waals surface area contributed by atoms with E-state index in [-0.39, 0.29) is 11.7 Å². The van der Waals surface area contributed by atoms with Gasteiger partial charge in [0.2, 0.25) is 11.1 Å². The Kier molecular flexibility index (Phi) is 6.80. The van der Waals surface area contributed by atoms with Crippen molar-refractivity contribution in [2.75, 3.05) is 36.4 Å². The van der Waals surface area contributed by atoms with Crippen LogP contribution >= 0.6 is 11.8 Å². The zero-order valence-electron chi connectivity index (χ0n) is 16.1. The molecule has 0 saturated heterocycles. The Morgan fingerprint density at radius 3 is 2.55 bits per heavy atom. The van der Waals surface area contributed by atoms with Crippen LogP contribution in [0.4, 0.5) is 11.4 Å². The Labute approximate surface area is 172 Å². The van der Waals surface area contributed by atoms with Crippen LogP contribution in [0.25, 0.3) is 0 Å². The average Bonchev–Trinajstić information content (AvgIpc) is 3.10. The SMILES string of the molecule is COc1ccc(NCc2nnc(SCC(=O)Nc3cccc(OC)c3)n2N)cc1. The van der Waals surface area contributed by atoms with Crippen LogP contribution in [0.3, 0.4) is 0 Å². The largest absolute Gasteiger partial charge is 0.497 e. The van der Waals surface area contributed by atoms with E-state index < -0.39 is 0 Å². The Bertz CT molecular complexity index is 961. The van der Waals surface area contributed by atoms with Crippen LogP contribution in [0.1, 0.15) is 5.82 Å². The van der Waals surface area contributed by atoms with Crippen LogP contribution in [-0.2, 0) is 11.3 Å². The van der Waals surface area contributed by atoms with Crippen molar-refractivity contribution < 1.29 is 14.3 Å². The average molecular weight is 414 g/mol. The molecule has 2 aromatic carbocycles. The fourth-order valence-corrected chi connectivity index (χ4v) is 3.12. The number of nitrogens with one attached hydrogen (secondary N) is 2. The highest BCUT2D eigenvalue weighted by atomic mass is 32.2. The van der Waals surface area contributed by atoms with Gasteiger partial charge in [-0.3, -0.25) is 4.79 Å². The van der Waals surface area contributed by atoms with Gasteiger partial charge in [0, 0.05) is 17.4 Å². The molecule has 0 atom stereocenters. The second-order valence-corrected chi connectivity index (χ2v) is 6.86. The summed E-state index contributed by atoms with van der Waals surface area (Å²) in [6.07, 6.45) is 0. The Hall–Kier alpha value is -3.40. The van der Waals surface area contributed by atoms with Crippen molar-refractivity contribution in [2.45, 2.75) is 11.7 Å². The minimum Gasteiger partial charge on any atom is -0.497 e. The van der Waals surface area contributed by atoms with E-state index >= 15 is 0 Å². The molecular formula is C19H22N6O3S. The fraction of sp³-hybridized carbons (Fsp3) is 0.211. The number of carbonyl (C=O) groups is 1. The molecule has 0 bridgehead atoms. The number of nitrogens with zero attached hydrogens (tertiary/aromatic N) is 3. The van der Waals surface area contributed by atoms with E-state index in [9.17, 15) is 4.79 Å². The van der Waals surface area contributed by atoms with Crippen molar-refractivity contribution in [3.63, 3.8) is 0 Å². The minimum absolute atomic E-state index is 0.151. The maximum atomic E-state index is 12.2. The molecule has 0 spiro atoms. The summed E-state index contributed by atoms with van der Waals surface area (Å²) in [4.78, 5) is 12.2. The van der Waals surface area contributed by atoms with Crippen molar-refractivity contribution in [3.8, 4) is 11.5 Å². The highest BCUT2D eigenvalue weighted by Crippen LogP contribution is 2.19. The number of nitrogen functional groups attached to an aromatic ring is 1. The summed E-state index contributed by atoms with van der Waals surface area (Å²) in [5.41, 5.74) is 1.56. The van der Waals surface area contributed by atoms with E-state index in [2.05, 4.69) is 20.8 Å². The van der Waals surface area contributed by atoms with Gasteiger partial charge in [0.25, 0.3) is 0 Å². The van der Waals surface area contributed by atoms with Crippen molar-refractivity contribution in [3.05, 3.63) is 54.4 Å². The number of hydrogen-bond donors (Lipinski definition) is 3. The van der Waals surface area contributed by atoms with Gasteiger partial charge in [0.15, 0.2) is 5.82 Å². The first-order chi connectivity index (χ1) is 14.1. The van der Waals surface area contributed by atoms with E-state index in [4.69, 9.17) is 15.3 Å². The van der Waals surface area contributed by atoms with Crippen LogP contribution < -0.4 is 25.9 Å². The fourth-order valence-electron chi connectivity index (χ4n) is 2.44. The first-order valence-electron chi connectivity index (χ1n) is 8.73. The predicted octanol–water partition coefficient (Wildman–Crippen LogP) is 2.35. The number of hydrogen-bond acceptors (Lipinski definition) is 8. The number of amides is 1. The van der Waals surface area contributed by atoms with Crippen molar-refractivity contribution in [2.24, 2.45) is 0 Å². The molecule has 10 heteroatoms. The maximum Gasteiger partial charge on any atom is 0.234 e. The lowest BCUT2D eigenvalue weighted by Crippen LogP contribution is -2.18. The number of rotatable bonds is 9. The standard InChI is InChI=1S/C19H22N6O3S/c1-27-15-8-6-13(7-9-15)21-11-17-23-24-19(25(17)20)29-12-18(26)22-14-4-3-5-16(10-14)28-2/h3-10,21H,11-12,20H2,1-2H3,(H,22,26). The predicted molar refractivity (Wildman–Crippen MR) is 113 cm³/mol. The number of carbonyl (C=O) groups excluding carboxylic acids is 1. The van der Waals surface area contributed by atoms with Gasteiger partial charge in [0.05, 0.1) is 26.5 Å². The summed E-state index contributed by atoms with van der Waals surface area (Å²) in [5.74, 6) is 8.03. The van der Waals surface area contributed by atoms with Gasteiger partial charge in [0.1, 0.15) is 11.5 Å². The zero-order chi connectivity index (χ0) is 20.6. The topological polar surface area (TPSA) is 116 Å². The van der Waals surface area contributed by atoms with E-state index in [0.29, 0.717) is 29.0 Å². The van der Waals surface area contributed by atoms with Gasteiger partial charge in [-0.1, -0.05) is 17.8 Å². The van der Waals surface area contributed by atoms with Crippen LogP contribution in [0, 0.1) is 0 Å². The monoisotopic (exact) mass is 414 g/mol. The molecule has 29 heavy (non-hydrogen) atoms. The molecule has 0 radical (unpaired) electrons. The molecule has 1 heterocycles. The first kappa shape index (κ1) is 20.3. The number of anilines is 2. The molecular weight excluding hydrogens is 392 g/mol. The molecule has 0 aliphatic heterocycles. The summed E-state index contributed by atoms with van der Waals surface area (Å²) in [7, 11) is 3.20. The Morgan fingerprint density at radius 1 is 1.07 bits per heavy atom. The summed E-state index contributed by atoms with van der Waals surface area (Å²) < 4.78 is 11.7. The van der Waals surface area contributed by atoms with Gasteiger partial charge in [-0.15, -0.1) is 10.2 Å². The lowest BCUT2D eigenvalue weighted by molar-refractivity contribution is -0.113. The quantitative estimate of drug-likeness (QED) is 0.361. The lowest BCUT2D eigenvalue weighted by atomic mass is 10.3. The number of nitrogens with two attached hydrogens (primary N) is 1. The van der Waals surface area contributed by atoms with Crippen LogP contribution in [0.15, 0.2) is 53.7 Å². The highest BCUT2D eigenvalue weighted by molar-refractivity contribution is 7.99. The van der Waals surface area contributed by atoms with E-state index in [0.717, 1.165) is 11.4 Å². The lowest BCUT2D eigenvalue weighted by Gasteiger charge is -2.08. The maximum absolute atomic E-state index is 12.2. The van der Waals surface area contributed by atoms with Crippen molar-refractivity contribution in [1.29, 1.82) is 0 Å². The number of aromatic nitrogens is 3. The molecule has 1 amide bonds. The van der Waals surface area contributed by atoms with E-state index in [1.165, 1.54) is 16.4 Å². The molecule has 1 aromatic heterocycles. The van der Waals surface area contributed by atoms with Gasteiger partial charge < -0.3 is 25.9 Å². The molecule has 3 aromatic rings. The second kappa shape index (κ2) is 9.69. The molecule has 0 fully saturated rings. The summed E-state index contributed by atoms with van der Waals surface area (Å²) in [6.45, 7) is 0.395. The molecule has 0 saturated carbocycles. The van der Waals surface area contributed by atoms with Crippen LogP contribution in [-0.4, -0.2) is 40.8 Å². The minimum atomic E-state index is -0.177. The molecule has 0 aliphatic carbocycles. The second-order valence-electron chi connectivity index (χ2n) is 5.92. The molecule has 0 unspecified atom stereocenters. The van der Waals surface area contributed by atoms with E-state index in [1.807, 2.05) is 30.3 Å². The third-order valence-electron chi connectivity index (χ3n) is 3.96. The summed E-state index contributed by atoms with van der Waals surface area (Å²) in [6, 6.07) is 14.7. The number of thioether (sulfide) groups is 1. The van der Waals surface area contributed by atoms with E-state index in [1.54, 1.807) is 32.4 Å². The van der Waals surface area contributed by atoms with Crippen molar-refractivity contribution in [1.82, 2.24) is 14.9 Å². The van der Waals surface area contributed by atoms with Gasteiger partial charge in [-0.2, -0.15) is 0 Å². The molecule has 3 rings (SSSR count). The number of methoxy groups -OCH3 is 2. The van der Waals surface area contributed by atoms with Crippen molar-refractivity contribution >= 4 is 29.0 Å². The normalized spacial score (nSPS) is 10.4. The first-order valence-corrected chi connectivity index (χ1v) is 9.71. The Morgan fingerprint density at radius 2 is 1.83 bits per heavy atom. The third-order valence-corrected chi connectivity index (χ3v) is 4.90. The third kappa shape index (κ3) is 5.55. The van der Waals surface area contributed by atoms with Crippen LogP contribution in [0.5, 0.6) is 11.5 Å². The number of ether oxygens (including phenoxy) is 2. The molecule has 9 nitrogen and oxygen atoms in total. The van der Waals surface area contributed by atoms with Gasteiger partial charge in [-0.05, 0) is 36.4 Å². The molecule has 152 valence electrons. The Balaban J connectivity index is 1.51.